The van der Waals surface area contributed by atoms with Crippen molar-refractivity contribution < 1.29 is 5.11 Å². The molecule has 0 aromatic heterocycles. The second kappa shape index (κ2) is 4.99. The number of aliphatic hydroxyl groups excluding tert-OH is 1. The Balaban J connectivity index is 2.76. The summed E-state index contributed by atoms with van der Waals surface area (Å²) in [7, 11) is 0. The van der Waals surface area contributed by atoms with Crippen LogP contribution in [0.4, 0.5) is 0 Å². The SMILES string of the molecule is C=CC=CC(O)=Cc1ccccc1. The van der Waals surface area contributed by atoms with Crippen molar-refractivity contribution in [3.8, 4) is 0 Å². The fourth-order valence-corrected chi connectivity index (χ4v) is 0.935. The maximum Gasteiger partial charge on any atom is 0.116 e. The molecule has 0 saturated carbocycles. The number of rotatable bonds is 3. The summed E-state index contributed by atoms with van der Waals surface area (Å²) in [5.41, 5.74) is 0.980. The van der Waals surface area contributed by atoms with E-state index < -0.39 is 0 Å². The van der Waals surface area contributed by atoms with Gasteiger partial charge in [0.2, 0.25) is 0 Å². The van der Waals surface area contributed by atoms with E-state index in [0.29, 0.717) is 0 Å². The molecule has 0 bridgehead atoms. The molecule has 0 saturated heterocycles. The molecule has 0 heterocycles. The average molecular weight is 172 g/mol. The molecule has 1 nitrogen and oxygen atoms in total. The maximum absolute atomic E-state index is 9.36. The summed E-state index contributed by atoms with van der Waals surface area (Å²) in [6.45, 7) is 3.51. The van der Waals surface area contributed by atoms with Gasteiger partial charge in [-0.15, -0.1) is 0 Å². The van der Waals surface area contributed by atoms with Crippen LogP contribution in [0, 0.1) is 0 Å². The molecule has 1 heteroatoms. The van der Waals surface area contributed by atoms with Crippen LogP contribution in [0.15, 0.2) is 60.9 Å². The van der Waals surface area contributed by atoms with Gasteiger partial charge in [-0.25, -0.2) is 0 Å². The lowest BCUT2D eigenvalue weighted by Crippen LogP contribution is -1.75. The Morgan fingerprint density at radius 1 is 1.23 bits per heavy atom. The summed E-state index contributed by atoms with van der Waals surface area (Å²) in [5.74, 6) is 0.228. The summed E-state index contributed by atoms with van der Waals surface area (Å²) >= 11 is 0. The van der Waals surface area contributed by atoms with E-state index in [-0.39, 0.29) is 5.76 Å². The third-order valence-electron chi connectivity index (χ3n) is 1.52. The topological polar surface area (TPSA) is 20.2 Å². The molecule has 13 heavy (non-hydrogen) atoms. The Hall–Kier alpha value is -1.76. The van der Waals surface area contributed by atoms with Gasteiger partial charge in [0, 0.05) is 0 Å². The van der Waals surface area contributed by atoms with Crippen LogP contribution in [0.25, 0.3) is 6.08 Å². The van der Waals surface area contributed by atoms with E-state index in [4.69, 9.17) is 0 Å². The van der Waals surface area contributed by atoms with Gasteiger partial charge in [0.15, 0.2) is 0 Å². The second-order valence-electron chi connectivity index (χ2n) is 2.57. The van der Waals surface area contributed by atoms with Crippen molar-refractivity contribution in [1.29, 1.82) is 0 Å². The van der Waals surface area contributed by atoms with Gasteiger partial charge in [0.1, 0.15) is 5.76 Å². The lowest BCUT2D eigenvalue weighted by Gasteiger charge is -1.92. The number of aliphatic hydroxyl groups is 1. The molecule has 0 unspecified atom stereocenters. The molecule has 0 radical (unpaired) electrons. The van der Waals surface area contributed by atoms with Crippen LogP contribution in [0.5, 0.6) is 0 Å². The first-order valence-electron chi connectivity index (χ1n) is 4.08. The number of hydrogen-bond acceptors (Lipinski definition) is 1. The number of hydrogen-bond donors (Lipinski definition) is 1. The first-order valence-corrected chi connectivity index (χ1v) is 4.08. The van der Waals surface area contributed by atoms with Crippen LogP contribution in [0.2, 0.25) is 0 Å². The van der Waals surface area contributed by atoms with Gasteiger partial charge in [0.05, 0.1) is 0 Å². The fourth-order valence-electron chi connectivity index (χ4n) is 0.935. The van der Waals surface area contributed by atoms with E-state index in [9.17, 15) is 5.11 Å². The maximum atomic E-state index is 9.36. The zero-order chi connectivity index (χ0) is 9.52. The molecule has 1 aromatic carbocycles. The van der Waals surface area contributed by atoms with E-state index in [2.05, 4.69) is 6.58 Å². The van der Waals surface area contributed by atoms with Crippen molar-refractivity contribution in [2.24, 2.45) is 0 Å². The first-order chi connectivity index (χ1) is 6.33. The quantitative estimate of drug-likeness (QED) is 0.547. The van der Waals surface area contributed by atoms with Gasteiger partial charge in [-0.3, -0.25) is 0 Å². The van der Waals surface area contributed by atoms with Gasteiger partial charge >= 0.3 is 0 Å². The molecule has 1 rings (SSSR count). The summed E-state index contributed by atoms with van der Waals surface area (Å²) in [6.07, 6.45) is 6.60. The molecule has 66 valence electrons. The summed E-state index contributed by atoms with van der Waals surface area (Å²) in [4.78, 5) is 0. The highest BCUT2D eigenvalue weighted by atomic mass is 16.3. The largest absolute Gasteiger partial charge is 0.508 e. The Morgan fingerprint density at radius 2 is 1.92 bits per heavy atom. The lowest BCUT2D eigenvalue weighted by molar-refractivity contribution is 0.437. The van der Waals surface area contributed by atoms with E-state index in [1.54, 1.807) is 24.3 Å². The van der Waals surface area contributed by atoms with E-state index >= 15 is 0 Å². The molecule has 1 aromatic rings. The molecule has 1 N–H and O–H groups in total. The van der Waals surface area contributed by atoms with Crippen LogP contribution in [0.1, 0.15) is 5.56 Å². The Labute approximate surface area is 78.3 Å². The molecular formula is C12H12O. The Morgan fingerprint density at radius 3 is 2.54 bits per heavy atom. The van der Waals surface area contributed by atoms with Crippen molar-refractivity contribution in [1.82, 2.24) is 0 Å². The zero-order valence-electron chi connectivity index (χ0n) is 7.35. The van der Waals surface area contributed by atoms with Crippen molar-refractivity contribution in [3.05, 3.63) is 66.5 Å². The summed E-state index contributed by atoms with van der Waals surface area (Å²) in [6, 6.07) is 9.65. The monoisotopic (exact) mass is 172 g/mol. The van der Waals surface area contributed by atoms with Crippen LogP contribution in [-0.4, -0.2) is 5.11 Å². The van der Waals surface area contributed by atoms with Crippen LogP contribution >= 0.6 is 0 Å². The highest BCUT2D eigenvalue weighted by Gasteiger charge is 1.86. The van der Waals surface area contributed by atoms with Gasteiger partial charge in [-0.1, -0.05) is 49.1 Å². The molecular weight excluding hydrogens is 160 g/mol. The van der Waals surface area contributed by atoms with Crippen LogP contribution in [0.3, 0.4) is 0 Å². The van der Waals surface area contributed by atoms with E-state index in [0.717, 1.165) is 5.56 Å². The third kappa shape index (κ3) is 3.43. The minimum atomic E-state index is 0.228. The highest BCUT2D eigenvalue weighted by molar-refractivity contribution is 5.53. The van der Waals surface area contributed by atoms with Gasteiger partial charge in [-0.05, 0) is 17.7 Å². The number of allylic oxidation sites excluding steroid dienone is 3. The average Bonchev–Trinajstić information content (AvgIpc) is 2.16. The van der Waals surface area contributed by atoms with Crippen LogP contribution < -0.4 is 0 Å². The molecule has 0 fully saturated rings. The molecule has 0 atom stereocenters. The predicted octanol–water partition coefficient (Wildman–Crippen LogP) is 3.33. The Kier molecular flexibility index (Phi) is 3.58. The molecule has 0 aliphatic carbocycles. The van der Waals surface area contributed by atoms with E-state index in [1.807, 2.05) is 30.3 Å². The fraction of sp³-hybridized carbons (Fsp3) is 0. The lowest BCUT2D eigenvalue weighted by atomic mass is 10.2. The van der Waals surface area contributed by atoms with Gasteiger partial charge in [-0.2, -0.15) is 0 Å². The molecule has 0 aliphatic rings. The van der Waals surface area contributed by atoms with Crippen molar-refractivity contribution in [3.63, 3.8) is 0 Å². The van der Waals surface area contributed by atoms with Gasteiger partial charge in [0.25, 0.3) is 0 Å². The minimum absolute atomic E-state index is 0.228. The normalized spacial score (nSPS) is 11.8. The van der Waals surface area contributed by atoms with Crippen molar-refractivity contribution in [2.45, 2.75) is 0 Å². The minimum Gasteiger partial charge on any atom is -0.508 e. The van der Waals surface area contributed by atoms with Crippen molar-refractivity contribution >= 4 is 6.08 Å². The standard InChI is InChI=1S/C12H12O/c1-2-3-9-12(13)10-11-7-5-4-6-8-11/h2-10,13H,1H2. The van der Waals surface area contributed by atoms with Crippen LogP contribution in [-0.2, 0) is 0 Å². The number of benzene rings is 1. The smallest absolute Gasteiger partial charge is 0.116 e. The summed E-state index contributed by atoms with van der Waals surface area (Å²) < 4.78 is 0. The first kappa shape index (κ1) is 9.33. The second-order valence-corrected chi connectivity index (χ2v) is 2.57. The molecule has 0 amide bonds. The molecule has 0 aliphatic heterocycles. The van der Waals surface area contributed by atoms with Crippen molar-refractivity contribution in [2.75, 3.05) is 0 Å². The molecule has 0 spiro atoms. The predicted molar refractivity (Wildman–Crippen MR) is 56.4 cm³/mol. The summed E-state index contributed by atoms with van der Waals surface area (Å²) in [5, 5.41) is 9.36. The highest BCUT2D eigenvalue weighted by Crippen LogP contribution is 2.04. The van der Waals surface area contributed by atoms with Gasteiger partial charge < -0.3 is 5.11 Å². The van der Waals surface area contributed by atoms with E-state index in [1.165, 1.54) is 0 Å². The third-order valence-corrected chi connectivity index (χ3v) is 1.52. The Bertz CT molecular complexity index is 320. The zero-order valence-corrected chi connectivity index (χ0v) is 7.35.